The molecule has 0 bridgehead atoms. The van der Waals surface area contributed by atoms with E-state index in [1.807, 2.05) is 25.1 Å². The maximum Gasteiger partial charge on any atom is 0.305 e. The van der Waals surface area contributed by atoms with Gasteiger partial charge in [0.25, 0.3) is 0 Å². The summed E-state index contributed by atoms with van der Waals surface area (Å²) in [5.41, 5.74) is 1.23. The molecule has 0 spiro atoms. The Hall–Kier alpha value is -2.36. The van der Waals surface area contributed by atoms with Gasteiger partial charge in [-0.1, -0.05) is 42.5 Å². The van der Waals surface area contributed by atoms with Gasteiger partial charge in [-0.05, 0) is 35.6 Å². The third kappa shape index (κ3) is 3.21. The van der Waals surface area contributed by atoms with Crippen molar-refractivity contribution in [2.75, 3.05) is 13.1 Å². The Morgan fingerprint density at radius 3 is 2.65 bits per heavy atom. The van der Waals surface area contributed by atoms with E-state index in [-0.39, 0.29) is 24.2 Å². The highest BCUT2D eigenvalue weighted by atomic mass is 16.4. The van der Waals surface area contributed by atoms with Gasteiger partial charge in [0, 0.05) is 19.0 Å². The zero-order valence-electron chi connectivity index (χ0n) is 13.2. The molecule has 2 aromatic rings. The lowest BCUT2D eigenvalue weighted by atomic mass is 10.00. The zero-order chi connectivity index (χ0) is 16.4. The molecule has 0 saturated heterocycles. The summed E-state index contributed by atoms with van der Waals surface area (Å²) in [5.74, 6) is -0.522. The van der Waals surface area contributed by atoms with E-state index >= 15 is 0 Å². The van der Waals surface area contributed by atoms with Gasteiger partial charge in [-0.15, -0.1) is 0 Å². The van der Waals surface area contributed by atoms with Crippen molar-refractivity contribution < 1.29 is 14.7 Å². The van der Waals surface area contributed by atoms with E-state index in [0.717, 1.165) is 6.42 Å². The number of aliphatic carboxylic acids is 1. The van der Waals surface area contributed by atoms with E-state index in [4.69, 9.17) is 5.11 Å². The predicted octanol–water partition coefficient (Wildman–Crippen LogP) is 3.27. The predicted molar refractivity (Wildman–Crippen MR) is 89.3 cm³/mol. The number of carbonyl (C=O) groups excluding carboxylic acids is 1. The van der Waals surface area contributed by atoms with Gasteiger partial charge in [0.1, 0.15) is 0 Å². The average molecular weight is 311 g/mol. The van der Waals surface area contributed by atoms with Crippen molar-refractivity contribution in [1.82, 2.24) is 4.90 Å². The SMILES string of the molecule is CCN(CCC(=O)O)C(=O)C1CC1c1cccc2ccccc12. The second kappa shape index (κ2) is 6.41. The van der Waals surface area contributed by atoms with Crippen LogP contribution in [0.2, 0.25) is 0 Å². The minimum absolute atomic E-state index is 0.00505. The summed E-state index contributed by atoms with van der Waals surface area (Å²) in [5, 5.41) is 11.2. The molecule has 2 atom stereocenters. The number of rotatable bonds is 6. The molecule has 4 heteroatoms. The summed E-state index contributed by atoms with van der Waals surface area (Å²) in [6, 6.07) is 14.5. The normalized spacial score (nSPS) is 19.5. The van der Waals surface area contributed by atoms with Crippen LogP contribution in [-0.4, -0.2) is 35.0 Å². The van der Waals surface area contributed by atoms with Crippen LogP contribution >= 0.6 is 0 Å². The number of hydrogen-bond acceptors (Lipinski definition) is 2. The molecule has 4 nitrogen and oxygen atoms in total. The van der Waals surface area contributed by atoms with Crippen molar-refractivity contribution in [1.29, 1.82) is 0 Å². The van der Waals surface area contributed by atoms with Crippen molar-refractivity contribution in [3.05, 3.63) is 48.0 Å². The van der Waals surface area contributed by atoms with Gasteiger partial charge in [-0.2, -0.15) is 0 Å². The molecule has 1 saturated carbocycles. The van der Waals surface area contributed by atoms with E-state index in [1.54, 1.807) is 4.90 Å². The highest BCUT2D eigenvalue weighted by Crippen LogP contribution is 2.50. The van der Waals surface area contributed by atoms with Crippen LogP contribution in [0.1, 0.15) is 31.2 Å². The molecule has 0 radical (unpaired) electrons. The van der Waals surface area contributed by atoms with Crippen LogP contribution in [0.4, 0.5) is 0 Å². The van der Waals surface area contributed by atoms with Gasteiger partial charge in [0.2, 0.25) is 5.91 Å². The van der Waals surface area contributed by atoms with Gasteiger partial charge in [0.05, 0.1) is 6.42 Å². The zero-order valence-corrected chi connectivity index (χ0v) is 13.2. The first-order valence-electron chi connectivity index (χ1n) is 8.10. The summed E-state index contributed by atoms with van der Waals surface area (Å²) in [4.78, 5) is 25.0. The number of fused-ring (bicyclic) bond motifs is 1. The Morgan fingerprint density at radius 1 is 1.17 bits per heavy atom. The van der Waals surface area contributed by atoms with Crippen LogP contribution in [0.3, 0.4) is 0 Å². The molecule has 0 aliphatic heterocycles. The van der Waals surface area contributed by atoms with Gasteiger partial charge in [0.15, 0.2) is 0 Å². The molecule has 1 amide bonds. The van der Waals surface area contributed by atoms with Crippen molar-refractivity contribution in [2.45, 2.75) is 25.7 Å². The third-order valence-electron chi connectivity index (χ3n) is 4.62. The first kappa shape index (κ1) is 15.5. The number of carbonyl (C=O) groups is 2. The Labute approximate surface area is 135 Å². The van der Waals surface area contributed by atoms with Crippen molar-refractivity contribution >= 4 is 22.6 Å². The molecule has 0 heterocycles. The van der Waals surface area contributed by atoms with E-state index in [1.165, 1.54) is 16.3 Å². The fraction of sp³-hybridized carbons (Fsp3) is 0.368. The van der Waals surface area contributed by atoms with E-state index in [2.05, 4.69) is 24.3 Å². The molecule has 1 aliphatic rings. The summed E-state index contributed by atoms with van der Waals surface area (Å²) in [6.07, 6.45) is 0.863. The van der Waals surface area contributed by atoms with Gasteiger partial charge in [-0.3, -0.25) is 9.59 Å². The quantitative estimate of drug-likeness (QED) is 0.891. The van der Waals surface area contributed by atoms with Crippen LogP contribution in [0.5, 0.6) is 0 Å². The molecular formula is C19H21NO3. The second-order valence-electron chi connectivity index (χ2n) is 6.08. The number of hydrogen-bond donors (Lipinski definition) is 1. The molecule has 0 aromatic heterocycles. The molecule has 1 fully saturated rings. The highest BCUT2D eigenvalue weighted by Gasteiger charge is 2.46. The summed E-state index contributed by atoms with van der Waals surface area (Å²) < 4.78 is 0. The van der Waals surface area contributed by atoms with Crippen LogP contribution in [0.15, 0.2) is 42.5 Å². The van der Waals surface area contributed by atoms with Crippen LogP contribution in [0, 0.1) is 5.92 Å². The van der Waals surface area contributed by atoms with Gasteiger partial charge < -0.3 is 10.0 Å². The lowest BCUT2D eigenvalue weighted by Gasteiger charge is -2.20. The van der Waals surface area contributed by atoms with E-state index in [0.29, 0.717) is 13.1 Å². The lowest BCUT2D eigenvalue weighted by Crippen LogP contribution is -2.34. The number of benzene rings is 2. The minimum Gasteiger partial charge on any atom is -0.481 e. The minimum atomic E-state index is -0.863. The van der Waals surface area contributed by atoms with Crippen molar-refractivity contribution in [2.24, 2.45) is 5.92 Å². The fourth-order valence-corrected chi connectivity index (χ4v) is 3.27. The lowest BCUT2D eigenvalue weighted by molar-refractivity contribution is -0.138. The number of nitrogens with zero attached hydrogens (tertiary/aromatic N) is 1. The molecule has 2 aromatic carbocycles. The molecule has 1 aliphatic carbocycles. The Kier molecular flexibility index (Phi) is 4.33. The van der Waals surface area contributed by atoms with Crippen molar-refractivity contribution in [3.63, 3.8) is 0 Å². The van der Waals surface area contributed by atoms with E-state index in [9.17, 15) is 9.59 Å². The average Bonchev–Trinajstić information content (AvgIpc) is 3.35. The van der Waals surface area contributed by atoms with Crippen LogP contribution in [0.25, 0.3) is 10.8 Å². The molecular weight excluding hydrogens is 290 g/mol. The van der Waals surface area contributed by atoms with Crippen LogP contribution in [-0.2, 0) is 9.59 Å². The Bertz CT molecular complexity index is 735. The van der Waals surface area contributed by atoms with Gasteiger partial charge >= 0.3 is 5.97 Å². The summed E-state index contributed by atoms with van der Waals surface area (Å²) in [7, 11) is 0. The van der Waals surface area contributed by atoms with Crippen molar-refractivity contribution in [3.8, 4) is 0 Å². The smallest absolute Gasteiger partial charge is 0.305 e. The highest BCUT2D eigenvalue weighted by molar-refractivity contribution is 5.89. The van der Waals surface area contributed by atoms with E-state index < -0.39 is 5.97 Å². The standard InChI is InChI=1S/C19H21NO3/c1-2-20(11-10-18(21)22)19(23)17-12-16(17)15-9-5-7-13-6-3-4-8-14(13)15/h3-9,16-17H,2,10-12H2,1H3,(H,21,22). The summed E-state index contributed by atoms with van der Waals surface area (Å²) >= 11 is 0. The number of carboxylic acid groups (broad SMARTS) is 1. The van der Waals surface area contributed by atoms with Gasteiger partial charge in [-0.25, -0.2) is 0 Å². The topological polar surface area (TPSA) is 57.6 Å². The molecule has 2 unspecified atom stereocenters. The molecule has 3 rings (SSSR count). The second-order valence-corrected chi connectivity index (χ2v) is 6.08. The fourth-order valence-electron chi connectivity index (χ4n) is 3.27. The summed E-state index contributed by atoms with van der Waals surface area (Å²) in [6.45, 7) is 2.75. The monoisotopic (exact) mass is 311 g/mol. The van der Waals surface area contributed by atoms with Crippen LogP contribution < -0.4 is 0 Å². The first-order valence-corrected chi connectivity index (χ1v) is 8.10. The maximum absolute atomic E-state index is 12.6. The largest absolute Gasteiger partial charge is 0.481 e. The number of amides is 1. The first-order chi connectivity index (χ1) is 11.1. The maximum atomic E-state index is 12.6. The molecule has 23 heavy (non-hydrogen) atoms. The molecule has 120 valence electrons. The Morgan fingerprint density at radius 2 is 1.91 bits per heavy atom. The number of carboxylic acids is 1. The third-order valence-corrected chi connectivity index (χ3v) is 4.62. The Balaban J connectivity index is 1.75. The molecule has 1 N–H and O–H groups in total.